The molecule has 0 radical (unpaired) electrons. The summed E-state index contributed by atoms with van der Waals surface area (Å²) in [6.07, 6.45) is 3.94. The SMILES string of the molecule is C#CCOc1ccc(Br)cc1CNCC(O)C(N)=O. The van der Waals surface area contributed by atoms with Gasteiger partial charge in [-0.2, -0.15) is 0 Å². The number of benzene rings is 1. The van der Waals surface area contributed by atoms with Crippen molar-refractivity contribution in [3.8, 4) is 18.1 Å². The van der Waals surface area contributed by atoms with Crippen molar-refractivity contribution in [2.24, 2.45) is 5.73 Å². The highest BCUT2D eigenvalue weighted by atomic mass is 79.9. The van der Waals surface area contributed by atoms with Gasteiger partial charge in [0, 0.05) is 23.1 Å². The molecular weight excluding hydrogens is 312 g/mol. The summed E-state index contributed by atoms with van der Waals surface area (Å²) in [5.74, 6) is 2.29. The van der Waals surface area contributed by atoms with Gasteiger partial charge in [0.2, 0.25) is 5.91 Å². The molecule has 4 N–H and O–H groups in total. The first-order valence-electron chi connectivity index (χ1n) is 5.57. The number of hydrogen-bond donors (Lipinski definition) is 3. The van der Waals surface area contributed by atoms with E-state index in [9.17, 15) is 9.90 Å². The van der Waals surface area contributed by atoms with Crippen LogP contribution in [-0.2, 0) is 11.3 Å². The molecule has 1 amide bonds. The van der Waals surface area contributed by atoms with Gasteiger partial charge in [0.15, 0.2) is 0 Å². The molecule has 1 rings (SSSR count). The van der Waals surface area contributed by atoms with Crippen LogP contribution in [0.25, 0.3) is 0 Å². The molecule has 1 atom stereocenters. The zero-order valence-corrected chi connectivity index (χ0v) is 11.8. The van der Waals surface area contributed by atoms with E-state index >= 15 is 0 Å². The second kappa shape index (κ2) is 7.79. The molecule has 102 valence electrons. The van der Waals surface area contributed by atoms with Gasteiger partial charge in [-0.1, -0.05) is 21.9 Å². The summed E-state index contributed by atoms with van der Waals surface area (Å²) in [5, 5.41) is 12.2. The van der Waals surface area contributed by atoms with Crippen LogP contribution in [0.1, 0.15) is 5.56 Å². The number of primary amides is 1. The predicted molar refractivity (Wildman–Crippen MR) is 75.4 cm³/mol. The van der Waals surface area contributed by atoms with Crippen LogP contribution in [-0.4, -0.2) is 30.3 Å². The van der Waals surface area contributed by atoms with E-state index in [2.05, 4.69) is 27.2 Å². The molecule has 1 unspecified atom stereocenters. The van der Waals surface area contributed by atoms with Crippen LogP contribution >= 0.6 is 15.9 Å². The van der Waals surface area contributed by atoms with Gasteiger partial charge in [0.1, 0.15) is 18.5 Å². The number of halogens is 1. The van der Waals surface area contributed by atoms with Crippen molar-refractivity contribution >= 4 is 21.8 Å². The minimum Gasteiger partial charge on any atom is -0.481 e. The maximum Gasteiger partial charge on any atom is 0.247 e. The third kappa shape index (κ3) is 5.30. The van der Waals surface area contributed by atoms with Crippen LogP contribution in [0.5, 0.6) is 5.75 Å². The molecule has 0 bridgehead atoms. The summed E-state index contributed by atoms with van der Waals surface area (Å²) in [4.78, 5) is 10.7. The van der Waals surface area contributed by atoms with Crippen LogP contribution in [0.4, 0.5) is 0 Å². The van der Waals surface area contributed by atoms with Gasteiger partial charge in [0.25, 0.3) is 0 Å². The van der Waals surface area contributed by atoms with Crippen molar-refractivity contribution in [3.63, 3.8) is 0 Å². The van der Waals surface area contributed by atoms with E-state index in [0.717, 1.165) is 10.0 Å². The highest BCUT2D eigenvalue weighted by molar-refractivity contribution is 9.10. The van der Waals surface area contributed by atoms with E-state index in [-0.39, 0.29) is 13.2 Å². The molecule has 0 aliphatic heterocycles. The lowest BCUT2D eigenvalue weighted by Crippen LogP contribution is -2.37. The van der Waals surface area contributed by atoms with Gasteiger partial charge in [-0.25, -0.2) is 0 Å². The van der Waals surface area contributed by atoms with Crippen molar-refractivity contribution in [2.75, 3.05) is 13.2 Å². The summed E-state index contributed by atoms with van der Waals surface area (Å²) in [6, 6.07) is 5.51. The fourth-order valence-corrected chi connectivity index (χ4v) is 1.80. The molecule has 0 heterocycles. The summed E-state index contributed by atoms with van der Waals surface area (Å²) < 4.78 is 6.29. The van der Waals surface area contributed by atoms with Crippen LogP contribution in [0, 0.1) is 12.3 Å². The average molecular weight is 327 g/mol. The van der Waals surface area contributed by atoms with Gasteiger partial charge < -0.3 is 20.9 Å². The van der Waals surface area contributed by atoms with Crippen molar-refractivity contribution in [2.45, 2.75) is 12.6 Å². The minimum absolute atomic E-state index is 0.0798. The van der Waals surface area contributed by atoms with Crippen LogP contribution in [0.2, 0.25) is 0 Å². The van der Waals surface area contributed by atoms with E-state index in [1.165, 1.54) is 0 Å². The number of carbonyl (C=O) groups is 1. The predicted octanol–water partition coefficient (Wildman–Crippen LogP) is 0.397. The maximum atomic E-state index is 10.7. The normalized spacial score (nSPS) is 11.6. The van der Waals surface area contributed by atoms with E-state index < -0.39 is 12.0 Å². The van der Waals surface area contributed by atoms with Crippen molar-refractivity contribution in [1.82, 2.24) is 5.32 Å². The van der Waals surface area contributed by atoms with Crippen molar-refractivity contribution < 1.29 is 14.6 Å². The Kier molecular flexibility index (Phi) is 6.36. The second-order valence-corrected chi connectivity index (χ2v) is 4.71. The van der Waals surface area contributed by atoms with Gasteiger partial charge >= 0.3 is 0 Å². The van der Waals surface area contributed by atoms with Gasteiger partial charge in [-0.05, 0) is 18.2 Å². The number of nitrogens with two attached hydrogens (primary N) is 1. The fraction of sp³-hybridized carbons (Fsp3) is 0.308. The Labute approximate surface area is 120 Å². The summed E-state index contributed by atoms with van der Waals surface area (Å²) in [5.41, 5.74) is 5.81. The molecular formula is C13H15BrN2O3. The first-order chi connectivity index (χ1) is 9.04. The number of ether oxygens (including phenoxy) is 1. The molecule has 0 saturated heterocycles. The Morgan fingerprint density at radius 2 is 2.37 bits per heavy atom. The number of amides is 1. The molecule has 0 fully saturated rings. The molecule has 0 aliphatic rings. The number of nitrogens with one attached hydrogen (secondary N) is 1. The first kappa shape index (κ1) is 15.5. The molecule has 19 heavy (non-hydrogen) atoms. The number of aliphatic hydroxyl groups excluding tert-OH is 1. The lowest BCUT2D eigenvalue weighted by atomic mass is 10.2. The van der Waals surface area contributed by atoms with Crippen molar-refractivity contribution in [1.29, 1.82) is 0 Å². The molecule has 5 nitrogen and oxygen atoms in total. The van der Waals surface area contributed by atoms with Crippen molar-refractivity contribution in [3.05, 3.63) is 28.2 Å². The van der Waals surface area contributed by atoms with Gasteiger partial charge in [-0.3, -0.25) is 4.79 Å². The third-order valence-corrected chi connectivity index (χ3v) is 2.81. The Balaban J connectivity index is 2.63. The number of carbonyl (C=O) groups excluding carboxylic acids is 1. The molecule has 0 aliphatic carbocycles. The Bertz CT molecular complexity index is 485. The average Bonchev–Trinajstić information content (AvgIpc) is 2.37. The van der Waals surface area contributed by atoms with E-state index in [1.54, 1.807) is 6.07 Å². The minimum atomic E-state index is -1.21. The Hall–Kier alpha value is -1.55. The van der Waals surface area contributed by atoms with Crippen LogP contribution < -0.4 is 15.8 Å². The topological polar surface area (TPSA) is 84.6 Å². The first-order valence-corrected chi connectivity index (χ1v) is 6.36. The van der Waals surface area contributed by atoms with E-state index in [0.29, 0.717) is 12.3 Å². The maximum absolute atomic E-state index is 10.7. The number of hydrogen-bond acceptors (Lipinski definition) is 4. The second-order valence-electron chi connectivity index (χ2n) is 3.79. The highest BCUT2D eigenvalue weighted by Crippen LogP contribution is 2.23. The highest BCUT2D eigenvalue weighted by Gasteiger charge is 2.10. The number of rotatable bonds is 7. The number of aliphatic hydroxyl groups is 1. The summed E-state index contributed by atoms with van der Waals surface area (Å²) in [6.45, 7) is 0.679. The Morgan fingerprint density at radius 1 is 1.63 bits per heavy atom. The Morgan fingerprint density at radius 3 is 3.00 bits per heavy atom. The molecule has 1 aromatic carbocycles. The monoisotopic (exact) mass is 326 g/mol. The molecule has 0 aromatic heterocycles. The lowest BCUT2D eigenvalue weighted by Gasteiger charge is -2.12. The van der Waals surface area contributed by atoms with Gasteiger partial charge in [-0.15, -0.1) is 6.42 Å². The standard InChI is InChI=1S/C13H15BrN2O3/c1-2-5-19-12-4-3-10(14)6-9(12)7-16-8-11(17)13(15)18/h1,3-4,6,11,16-17H,5,7-8H2,(H2,15,18). The molecule has 0 spiro atoms. The smallest absolute Gasteiger partial charge is 0.247 e. The molecule has 6 heteroatoms. The molecule has 0 saturated carbocycles. The zero-order chi connectivity index (χ0) is 14.3. The van der Waals surface area contributed by atoms with Crippen LogP contribution in [0.3, 0.4) is 0 Å². The third-order valence-electron chi connectivity index (χ3n) is 2.32. The van der Waals surface area contributed by atoms with E-state index in [4.69, 9.17) is 16.9 Å². The molecule has 1 aromatic rings. The number of terminal acetylenes is 1. The quantitative estimate of drug-likeness (QED) is 0.633. The summed E-state index contributed by atoms with van der Waals surface area (Å²) in [7, 11) is 0. The fourth-order valence-electron chi connectivity index (χ4n) is 1.39. The van der Waals surface area contributed by atoms with Gasteiger partial charge in [0.05, 0.1) is 0 Å². The lowest BCUT2D eigenvalue weighted by molar-refractivity contribution is -0.125. The zero-order valence-electron chi connectivity index (χ0n) is 10.2. The van der Waals surface area contributed by atoms with Crippen LogP contribution in [0.15, 0.2) is 22.7 Å². The van der Waals surface area contributed by atoms with E-state index in [1.807, 2.05) is 12.1 Å². The summed E-state index contributed by atoms with van der Waals surface area (Å²) >= 11 is 3.36. The largest absolute Gasteiger partial charge is 0.481 e.